The summed E-state index contributed by atoms with van der Waals surface area (Å²) in [6.07, 6.45) is 1.89. The minimum Gasteiger partial charge on any atom is -0.323 e. The van der Waals surface area contributed by atoms with Crippen LogP contribution in [0.4, 0.5) is 0 Å². The van der Waals surface area contributed by atoms with Crippen molar-refractivity contribution in [1.82, 2.24) is 9.78 Å². The van der Waals surface area contributed by atoms with Crippen LogP contribution < -0.4 is 5.73 Å². The number of aryl methyl sites for hydroxylation is 3. The van der Waals surface area contributed by atoms with Gasteiger partial charge in [-0.05, 0) is 48.3 Å². The summed E-state index contributed by atoms with van der Waals surface area (Å²) in [4.78, 5) is 2.65. The predicted octanol–water partition coefficient (Wildman–Crippen LogP) is 3.84. The molecule has 1 unspecified atom stereocenters. The number of thiophene rings is 1. The molecule has 2 heterocycles. The van der Waals surface area contributed by atoms with Crippen LogP contribution in [-0.4, -0.2) is 9.78 Å². The summed E-state index contributed by atoms with van der Waals surface area (Å²) < 4.78 is 3.13. The van der Waals surface area contributed by atoms with Crippen LogP contribution in [0.2, 0.25) is 0 Å². The van der Waals surface area contributed by atoms with Gasteiger partial charge in [-0.15, -0.1) is 11.3 Å². The van der Waals surface area contributed by atoms with Gasteiger partial charge < -0.3 is 5.73 Å². The van der Waals surface area contributed by atoms with Gasteiger partial charge in [-0.3, -0.25) is 4.68 Å². The highest BCUT2D eigenvalue weighted by Gasteiger charge is 2.17. The van der Waals surface area contributed by atoms with Crippen LogP contribution >= 0.6 is 27.3 Å². The van der Waals surface area contributed by atoms with Crippen LogP contribution in [0, 0.1) is 6.92 Å². The molecule has 0 fully saturated rings. The van der Waals surface area contributed by atoms with Gasteiger partial charge in [0.25, 0.3) is 0 Å². The summed E-state index contributed by atoms with van der Waals surface area (Å²) in [7, 11) is 0. The van der Waals surface area contributed by atoms with E-state index in [2.05, 4.69) is 47.0 Å². The third kappa shape index (κ3) is 3.09. The van der Waals surface area contributed by atoms with Crippen LogP contribution in [0.3, 0.4) is 0 Å². The second kappa shape index (κ2) is 6.20. The Morgan fingerprint density at radius 1 is 1.42 bits per heavy atom. The number of aromatic nitrogens is 2. The first kappa shape index (κ1) is 14.8. The fourth-order valence-electron chi connectivity index (χ4n) is 2.16. The molecule has 2 aromatic rings. The zero-order chi connectivity index (χ0) is 14.0. The Bertz CT molecular complexity index is 559. The third-order valence-corrected chi connectivity index (χ3v) is 5.66. The first-order valence-corrected chi connectivity index (χ1v) is 8.23. The molecule has 19 heavy (non-hydrogen) atoms. The van der Waals surface area contributed by atoms with E-state index in [0.717, 1.165) is 29.6 Å². The van der Waals surface area contributed by atoms with Gasteiger partial charge in [0.15, 0.2) is 0 Å². The lowest BCUT2D eigenvalue weighted by molar-refractivity contribution is 0.589. The van der Waals surface area contributed by atoms with E-state index < -0.39 is 0 Å². The second-order valence-corrected chi connectivity index (χ2v) is 6.62. The van der Waals surface area contributed by atoms with E-state index in [1.807, 2.05) is 22.9 Å². The summed E-state index contributed by atoms with van der Waals surface area (Å²) in [5.74, 6) is 0. The van der Waals surface area contributed by atoms with E-state index >= 15 is 0 Å². The van der Waals surface area contributed by atoms with E-state index in [-0.39, 0.29) is 6.04 Å². The predicted molar refractivity (Wildman–Crippen MR) is 84.7 cm³/mol. The van der Waals surface area contributed by atoms with Gasteiger partial charge in [0.1, 0.15) is 0 Å². The highest BCUT2D eigenvalue weighted by molar-refractivity contribution is 9.10. The van der Waals surface area contributed by atoms with Gasteiger partial charge in [-0.25, -0.2) is 0 Å². The fraction of sp³-hybridized carbons (Fsp3) is 0.500. The fourth-order valence-corrected chi connectivity index (χ4v) is 3.56. The Kier molecular flexibility index (Phi) is 4.81. The van der Waals surface area contributed by atoms with Crippen molar-refractivity contribution < 1.29 is 0 Å². The molecule has 0 aliphatic carbocycles. The van der Waals surface area contributed by atoms with Gasteiger partial charge in [0.05, 0.1) is 15.9 Å². The van der Waals surface area contributed by atoms with E-state index in [1.165, 1.54) is 15.4 Å². The first-order chi connectivity index (χ1) is 9.06. The van der Waals surface area contributed by atoms with Gasteiger partial charge in [-0.2, -0.15) is 5.10 Å². The van der Waals surface area contributed by atoms with Gasteiger partial charge in [-0.1, -0.05) is 6.92 Å². The highest BCUT2D eigenvalue weighted by Crippen LogP contribution is 2.28. The second-order valence-electron chi connectivity index (χ2n) is 4.63. The molecule has 2 aromatic heterocycles. The Hall–Kier alpha value is -0.650. The molecular formula is C14H20BrN3S. The maximum absolute atomic E-state index is 6.35. The first-order valence-electron chi connectivity index (χ1n) is 6.62. The van der Waals surface area contributed by atoms with Crippen molar-refractivity contribution in [3.05, 3.63) is 37.7 Å². The lowest BCUT2D eigenvalue weighted by Crippen LogP contribution is -2.15. The molecule has 0 saturated heterocycles. The number of nitrogens with zero attached hydrogens (tertiary/aromatic N) is 2. The lowest BCUT2D eigenvalue weighted by Gasteiger charge is -2.11. The van der Waals surface area contributed by atoms with Gasteiger partial charge >= 0.3 is 0 Å². The molecule has 0 amide bonds. The monoisotopic (exact) mass is 341 g/mol. The van der Waals surface area contributed by atoms with Crippen molar-refractivity contribution in [2.45, 2.75) is 46.2 Å². The van der Waals surface area contributed by atoms with Crippen LogP contribution in [0.5, 0.6) is 0 Å². The van der Waals surface area contributed by atoms with Crippen molar-refractivity contribution in [2.75, 3.05) is 0 Å². The molecule has 0 aliphatic rings. The normalized spacial score (nSPS) is 12.9. The minimum absolute atomic E-state index is 0.0444. The molecule has 1 atom stereocenters. The maximum atomic E-state index is 6.35. The molecule has 0 aromatic carbocycles. The number of hydrogen-bond acceptors (Lipinski definition) is 3. The van der Waals surface area contributed by atoms with E-state index in [1.54, 1.807) is 0 Å². The van der Waals surface area contributed by atoms with Gasteiger partial charge in [0, 0.05) is 28.8 Å². The summed E-state index contributed by atoms with van der Waals surface area (Å²) in [5, 5.41) is 4.51. The Labute approximate surface area is 126 Å². The summed E-state index contributed by atoms with van der Waals surface area (Å²) in [6, 6.07) is 4.38. The molecule has 0 spiro atoms. The molecule has 0 bridgehead atoms. The third-order valence-electron chi connectivity index (χ3n) is 3.26. The van der Waals surface area contributed by atoms with Crippen LogP contribution in [0.1, 0.15) is 41.0 Å². The molecule has 2 rings (SSSR count). The Balaban J connectivity index is 2.20. The summed E-state index contributed by atoms with van der Waals surface area (Å²) in [6.45, 7) is 7.17. The standard InChI is InChI=1S/C14H20BrN3S/c1-4-10-6-7-13(19-10)11(16)8-12-14(15)9(3)17-18(12)5-2/h6-7,11H,4-5,8,16H2,1-3H3. The zero-order valence-electron chi connectivity index (χ0n) is 11.6. The topological polar surface area (TPSA) is 43.8 Å². The maximum Gasteiger partial charge on any atom is 0.0738 e. The molecule has 104 valence electrons. The van der Waals surface area contributed by atoms with Crippen LogP contribution in [0.25, 0.3) is 0 Å². The number of hydrogen-bond donors (Lipinski definition) is 1. The minimum atomic E-state index is 0.0444. The molecule has 0 radical (unpaired) electrons. The molecular weight excluding hydrogens is 322 g/mol. The highest BCUT2D eigenvalue weighted by atomic mass is 79.9. The van der Waals surface area contributed by atoms with Crippen molar-refractivity contribution in [1.29, 1.82) is 0 Å². The summed E-state index contributed by atoms with van der Waals surface area (Å²) in [5.41, 5.74) is 8.57. The van der Waals surface area contributed by atoms with Crippen molar-refractivity contribution in [3.8, 4) is 0 Å². The molecule has 0 aliphatic heterocycles. The van der Waals surface area contributed by atoms with Gasteiger partial charge in [0.2, 0.25) is 0 Å². The van der Waals surface area contributed by atoms with Crippen LogP contribution in [0.15, 0.2) is 16.6 Å². The van der Waals surface area contributed by atoms with E-state index in [0.29, 0.717) is 0 Å². The molecule has 5 heteroatoms. The van der Waals surface area contributed by atoms with Crippen molar-refractivity contribution in [2.24, 2.45) is 5.73 Å². The lowest BCUT2D eigenvalue weighted by atomic mass is 10.1. The van der Waals surface area contributed by atoms with E-state index in [9.17, 15) is 0 Å². The molecule has 2 N–H and O–H groups in total. The number of rotatable bonds is 5. The Morgan fingerprint density at radius 2 is 2.16 bits per heavy atom. The van der Waals surface area contributed by atoms with Crippen LogP contribution in [-0.2, 0) is 19.4 Å². The molecule has 3 nitrogen and oxygen atoms in total. The number of halogens is 1. The zero-order valence-corrected chi connectivity index (χ0v) is 14.0. The van der Waals surface area contributed by atoms with Crippen molar-refractivity contribution >= 4 is 27.3 Å². The smallest absolute Gasteiger partial charge is 0.0738 e. The van der Waals surface area contributed by atoms with E-state index in [4.69, 9.17) is 5.73 Å². The van der Waals surface area contributed by atoms with Crippen molar-refractivity contribution in [3.63, 3.8) is 0 Å². The largest absolute Gasteiger partial charge is 0.323 e. The average Bonchev–Trinajstić information content (AvgIpc) is 2.98. The quantitative estimate of drug-likeness (QED) is 0.897. The Morgan fingerprint density at radius 3 is 2.74 bits per heavy atom. The number of nitrogens with two attached hydrogens (primary N) is 1. The average molecular weight is 342 g/mol. The SMILES string of the molecule is CCc1ccc(C(N)Cc2c(Br)c(C)nn2CC)s1. The summed E-state index contributed by atoms with van der Waals surface area (Å²) >= 11 is 5.44. The molecule has 0 saturated carbocycles.